The molecule has 2 rings (SSSR count). The summed E-state index contributed by atoms with van der Waals surface area (Å²) in [7, 11) is 0. The lowest BCUT2D eigenvalue weighted by Gasteiger charge is -2.11. The van der Waals surface area contributed by atoms with Crippen LogP contribution in [-0.2, 0) is 6.42 Å². The Bertz CT molecular complexity index is 579. The third kappa shape index (κ3) is 3.47. The molecule has 2 aromatic carbocycles. The highest BCUT2D eigenvalue weighted by Crippen LogP contribution is 2.19. The van der Waals surface area contributed by atoms with E-state index in [1.54, 1.807) is 6.07 Å². The fourth-order valence-corrected chi connectivity index (χ4v) is 2.09. The van der Waals surface area contributed by atoms with Gasteiger partial charge in [0.25, 0.3) is 0 Å². The van der Waals surface area contributed by atoms with Crippen molar-refractivity contribution in [1.82, 2.24) is 0 Å². The number of anilines is 2. The first-order chi connectivity index (χ1) is 9.06. The van der Waals surface area contributed by atoms with E-state index in [0.29, 0.717) is 0 Å². The minimum absolute atomic E-state index is 0.183. The zero-order chi connectivity index (χ0) is 13.8. The average Bonchev–Trinajstić information content (AvgIpc) is 2.36. The Labute approximate surface area is 113 Å². The van der Waals surface area contributed by atoms with E-state index in [2.05, 4.69) is 5.32 Å². The van der Waals surface area contributed by atoms with E-state index in [-0.39, 0.29) is 5.82 Å². The second-order valence-corrected chi connectivity index (χ2v) is 4.84. The van der Waals surface area contributed by atoms with Crippen molar-refractivity contribution >= 4 is 11.4 Å². The highest BCUT2D eigenvalue weighted by Gasteiger charge is 2.02. The molecule has 3 heteroatoms. The van der Waals surface area contributed by atoms with Gasteiger partial charge < -0.3 is 11.1 Å². The van der Waals surface area contributed by atoms with Crippen LogP contribution in [0.25, 0.3) is 0 Å². The number of aryl methyl sites for hydroxylation is 2. The Morgan fingerprint density at radius 2 is 1.89 bits per heavy atom. The summed E-state index contributed by atoms with van der Waals surface area (Å²) < 4.78 is 13.0. The van der Waals surface area contributed by atoms with Crippen molar-refractivity contribution in [2.24, 2.45) is 0 Å². The van der Waals surface area contributed by atoms with Gasteiger partial charge in [-0.15, -0.1) is 0 Å². The van der Waals surface area contributed by atoms with Gasteiger partial charge in [0, 0.05) is 6.54 Å². The average molecular weight is 258 g/mol. The molecule has 0 unspecified atom stereocenters. The van der Waals surface area contributed by atoms with Crippen molar-refractivity contribution in [1.29, 1.82) is 0 Å². The van der Waals surface area contributed by atoms with Crippen LogP contribution in [0.2, 0.25) is 0 Å². The highest BCUT2D eigenvalue weighted by molar-refractivity contribution is 5.66. The van der Waals surface area contributed by atoms with Crippen molar-refractivity contribution in [3.63, 3.8) is 0 Å². The lowest BCUT2D eigenvalue weighted by Crippen LogP contribution is -2.08. The lowest BCUT2D eigenvalue weighted by molar-refractivity contribution is 0.625. The number of hydrogen-bond acceptors (Lipinski definition) is 2. The van der Waals surface area contributed by atoms with E-state index < -0.39 is 0 Å². The minimum Gasteiger partial charge on any atom is -0.397 e. The fourth-order valence-electron chi connectivity index (χ4n) is 2.09. The lowest BCUT2D eigenvalue weighted by atomic mass is 10.1. The Morgan fingerprint density at radius 1 is 1.11 bits per heavy atom. The SMILES string of the molecule is Cc1ccc(N)c(NCCc2ccc(F)cc2C)c1. The summed E-state index contributed by atoms with van der Waals surface area (Å²) in [5.74, 6) is -0.183. The number of benzene rings is 2. The first kappa shape index (κ1) is 13.4. The molecule has 2 aromatic rings. The Morgan fingerprint density at radius 3 is 2.63 bits per heavy atom. The van der Waals surface area contributed by atoms with E-state index in [9.17, 15) is 4.39 Å². The van der Waals surface area contributed by atoms with Gasteiger partial charge in [-0.1, -0.05) is 12.1 Å². The van der Waals surface area contributed by atoms with Crippen LogP contribution in [0.1, 0.15) is 16.7 Å². The highest BCUT2D eigenvalue weighted by atomic mass is 19.1. The monoisotopic (exact) mass is 258 g/mol. The molecule has 0 spiro atoms. The van der Waals surface area contributed by atoms with Crippen molar-refractivity contribution in [2.45, 2.75) is 20.3 Å². The molecule has 0 aromatic heterocycles. The van der Waals surface area contributed by atoms with Crippen LogP contribution < -0.4 is 11.1 Å². The van der Waals surface area contributed by atoms with Crippen LogP contribution in [0.3, 0.4) is 0 Å². The van der Waals surface area contributed by atoms with Gasteiger partial charge in [-0.3, -0.25) is 0 Å². The molecule has 0 aliphatic heterocycles. The van der Waals surface area contributed by atoms with Gasteiger partial charge in [0.05, 0.1) is 11.4 Å². The maximum absolute atomic E-state index is 13.0. The molecule has 0 radical (unpaired) electrons. The smallest absolute Gasteiger partial charge is 0.123 e. The summed E-state index contributed by atoms with van der Waals surface area (Å²) in [6, 6.07) is 10.8. The summed E-state index contributed by atoms with van der Waals surface area (Å²) in [5.41, 5.74) is 10.9. The number of hydrogen-bond donors (Lipinski definition) is 2. The van der Waals surface area contributed by atoms with E-state index in [0.717, 1.165) is 35.5 Å². The molecule has 0 amide bonds. The Hall–Kier alpha value is -2.03. The maximum Gasteiger partial charge on any atom is 0.123 e. The van der Waals surface area contributed by atoms with Crippen molar-refractivity contribution in [3.8, 4) is 0 Å². The molecule has 0 aliphatic carbocycles. The van der Waals surface area contributed by atoms with Gasteiger partial charge in [0.15, 0.2) is 0 Å². The number of halogens is 1. The normalized spacial score (nSPS) is 10.5. The maximum atomic E-state index is 13.0. The summed E-state index contributed by atoms with van der Waals surface area (Å²) >= 11 is 0. The summed E-state index contributed by atoms with van der Waals surface area (Å²) in [6.45, 7) is 4.74. The van der Waals surface area contributed by atoms with Gasteiger partial charge in [-0.2, -0.15) is 0 Å². The third-order valence-corrected chi connectivity index (χ3v) is 3.22. The minimum atomic E-state index is -0.183. The van der Waals surface area contributed by atoms with Crippen molar-refractivity contribution < 1.29 is 4.39 Å². The zero-order valence-electron chi connectivity index (χ0n) is 11.3. The molecule has 19 heavy (non-hydrogen) atoms. The topological polar surface area (TPSA) is 38.0 Å². The molecule has 0 heterocycles. The molecule has 0 aliphatic rings. The fraction of sp³-hybridized carbons (Fsp3) is 0.250. The van der Waals surface area contributed by atoms with Gasteiger partial charge in [-0.25, -0.2) is 4.39 Å². The molecule has 2 nitrogen and oxygen atoms in total. The van der Waals surface area contributed by atoms with Crippen molar-refractivity contribution in [3.05, 3.63) is 58.9 Å². The quantitative estimate of drug-likeness (QED) is 0.821. The number of nitrogens with two attached hydrogens (primary N) is 1. The van der Waals surface area contributed by atoms with E-state index in [1.165, 1.54) is 11.6 Å². The first-order valence-electron chi connectivity index (χ1n) is 6.41. The van der Waals surface area contributed by atoms with E-state index >= 15 is 0 Å². The molecule has 100 valence electrons. The van der Waals surface area contributed by atoms with Crippen LogP contribution in [0, 0.1) is 19.7 Å². The van der Waals surface area contributed by atoms with Crippen LogP contribution in [-0.4, -0.2) is 6.54 Å². The first-order valence-corrected chi connectivity index (χ1v) is 6.41. The second kappa shape index (κ2) is 5.74. The molecule has 0 saturated heterocycles. The summed E-state index contributed by atoms with van der Waals surface area (Å²) in [4.78, 5) is 0. The van der Waals surface area contributed by atoms with Crippen molar-refractivity contribution in [2.75, 3.05) is 17.6 Å². The summed E-state index contributed by atoms with van der Waals surface area (Å²) in [6.07, 6.45) is 0.847. The van der Waals surface area contributed by atoms with Crippen LogP contribution in [0.4, 0.5) is 15.8 Å². The third-order valence-electron chi connectivity index (χ3n) is 3.22. The molecule has 0 bridgehead atoms. The molecule has 0 saturated carbocycles. The van der Waals surface area contributed by atoms with Gasteiger partial charge in [0.2, 0.25) is 0 Å². The van der Waals surface area contributed by atoms with Crippen LogP contribution in [0.5, 0.6) is 0 Å². The predicted octanol–water partition coefficient (Wildman–Crippen LogP) is 3.68. The molecular formula is C16H19FN2. The Kier molecular flexibility index (Phi) is 4.05. The summed E-state index contributed by atoms with van der Waals surface area (Å²) in [5, 5.41) is 3.33. The van der Waals surface area contributed by atoms with E-state index in [4.69, 9.17) is 5.73 Å². The molecular weight excluding hydrogens is 239 g/mol. The number of rotatable bonds is 4. The van der Waals surface area contributed by atoms with E-state index in [1.807, 2.05) is 38.1 Å². The Balaban J connectivity index is 1.98. The van der Waals surface area contributed by atoms with Gasteiger partial charge in [-0.05, 0) is 61.2 Å². The molecule has 0 fully saturated rings. The second-order valence-electron chi connectivity index (χ2n) is 4.84. The van der Waals surface area contributed by atoms with Crippen LogP contribution in [0.15, 0.2) is 36.4 Å². The van der Waals surface area contributed by atoms with Gasteiger partial charge in [0.1, 0.15) is 5.82 Å². The number of nitrogens with one attached hydrogen (secondary N) is 1. The number of nitrogen functional groups attached to an aromatic ring is 1. The standard InChI is InChI=1S/C16H19FN2/c1-11-3-6-15(18)16(9-11)19-8-7-13-4-5-14(17)10-12(13)2/h3-6,9-10,19H,7-8,18H2,1-2H3. The van der Waals surface area contributed by atoms with Crippen LogP contribution >= 0.6 is 0 Å². The largest absolute Gasteiger partial charge is 0.397 e. The molecule has 0 atom stereocenters. The zero-order valence-corrected chi connectivity index (χ0v) is 11.3. The van der Waals surface area contributed by atoms with Gasteiger partial charge >= 0.3 is 0 Å². The predicted molar refractivity (Wildman–Crippen MR) is 78.9 cm³/mol. The molecule has 3 N–H and O–H groups in total.